The minimum absolute atomic E-state index is 0.0669. The Morgan fingerprint density at radius 2 is 2.42 bits per heavy atom. The summed E-state index contributed by atoms with van der Waals surface area (Å²) in [5.74, 6) is 5.51. The number of nitrogens with zero attached hydrogens (tertiary/aromatic N) is 1. The van der Waals surface area contributed by atoms with Crippen molar-refractivity contribution in [3.63, 3.8) is 0 Å². The van der Waals surface area contributed by atoms with E-state index in [1.807, 2.05) is 0 Å². The van der Waals surface area contributed by atoms with Crippen molar-refractivity contribution in [2.75, 3.05) is 6.61 Å². The largest absolute Gasteiger partial charge is 0.395 e. The van der Waals surface area contributed by atoms with Crippen molar-refractivity contribution in [1.29, 1.82) is 0 Å². The highest BCUT2D eigenvalue weighted by Gasteiger charge is 1.93. The SMILES string of the molecule is OCCC#Cc1ncccc1Cl. The Bertz CT molecular complexity index is 314. The molecule has 3 heteroatoms. The fourth-order valence-electron chi connectivity index (χ4n) is 0.680. The molecule has 1 aromatic rings. The lowest BCUT2D eigenvalue weighted by Crippen LogP contribution is -1.82. The Morgan fingerprint density at radius 3 is 3.08 bits per heavy atom. The van der Waals surface area contributed by atoms with Gasteiger partial charge in [0.15, 0.2) is 0 Å². The molecule has 1 aromatic heterocycles. The number of hydrogen-bond acceptors (Lipinski definition) is 2. The van der Waals surface area contributed by atoms with Gasteiger partial charge in [-0.15, -0.1) is 0 Å². The van der Waals surface area contributed by atoms with Crippen molar-refractivity contribution < 1.29 is 5.11 Å². The third-order valence-electron chi connectivity index (χ3n) is 1.20. The van der Waals surface area contributed by atoms with Crippen LogP contribution < -0.4 is 0 Å². The highest BCUT2D eigenvalue weighted by atomic mass is 35.5. The Balaban J connectivity index is 2.77. The quantitative estimate of drug-likeness (QED) is 0.666. The fraction of sp³-hybridized carbons (Fsp3) is 0.222. The predicted octanol–water partition coefficient (Wildman–Crippen LogP) is 1.47. The monoisotopic (exact) mass is 181 g/mol. The Hall–Kier alpha value is -1.04. The summed E-state index contributed by atoms with van der Waals surface area (Å²) in [6.45, 7) is 0.0669. The third-order valence-corrected chi connectivity index (χ3v) is 1.51. The van der Waals surface area contributed by atoms with Crippen LogP contribution in [-0.4, -0.2) is 16.7 Å². The molecule has 2 nitrogen and oxygen atoms in total. The molecule has 0 saturated heterocycles. The van der Waals surface area contributed by atoms with Crippen molar-refractivity contribution in [1.82, 2.24) is 4.98 Å². The molecule has 0 aromatic carbocycles. The van der Waals surface area contributed by atoms with E-state index in [-0.39, 0.29) is 6.61 Å². The molecule has 0 bridgehead atoms. The minimum Gasteiger partial charge on any atom is -0.395 e. The van der Waals surface area contributed by atoms with Crippen molar-refractivity contribution in [2.24, 2.45) is 0 Å². The van der Waals surface area contributed by atoms with Gasteiger partial charge >= 0.3 is 0 Å². The predicted molar refractivity (Wildman–Crippen MR) is 47.8 cm³/mol. The third kappa shape index (κ3) is 2.54. The van der Waals surface area contributed by atoms with Gasteiger partial charge in [-0.3, -0.25) is 0 Å². The molecular formula is C9H8ClNO. The summed E-state index contributed by atoms with van der Waals surface area (Å²) in [5, 5.41) is 9.00. The first kappa shape index (κ1) is 9.05. The average molecular weight is 182 g/mol. The number of rotatable bonds is 1. The lowest BCUT2D eigenvalue weighted by molar-refractivity contribution is 0.305. The van der Waals surface area contributed by atoms with Crippen molar-refractivity contribution in [3.05, 3.63) is 29.0 Å². The molecule has 0 aliphatic rings. The van der Waals surface area contributed by atoms with E-state index in [1.54, 1.807) is 18.3 Å². The Labute approximate surface area is 76.2 Å². The lowest BCUT2D eigenvalue weighted by Gasteiger charge is -1.90. The van der Waals surface area contributed by atoms with E-state index in [4.69, 9.17) is 16.7 Å². The molecule has 1 N–H and O–H groups in total. The summed E-state index contributed by atoms with van der Waals surface area (Å²) in [4.78, 5) is 3.96. The van der Waals surface area contributed by atoms with Gasteiger partial charge in [0.25, 0.3) is 0 Å². The fourth-order valence-corrected chi connectivity index (χ4v) is 0.849. The van der Waals surface area contributed by atoms with E-state index in [1.165, 1.54) is 0 Å². The summed E-state index contributed by atoms with van der Waals surface area (Å²) in [6.07, 6.45) is 2.09. The van der Waals surface area contributed by atoms with E-state index in [0.29, 0.717) is 17.1 Å². The van der Waals surface area contributed by atoms with Crippen LogP contribution in [0.5, 0.6) is 0 Å². The van der Waals surface area contributed by atoms with Crippen molar-refractivity contribution in [2.45, 2.75) is 6.42 Å². The molecule has 0 radical (unpaired) electrons. The van der Waals surface area contributed by atoms with E-state index < -0.39 is 0 Å². The van der Waals surface area contributed by atoms with Crippen LogP contribution in [0.3, 0.4) is 0 Å². The van der Waals surface area contributed by atoms with Crippen LogP contribution in [-0.2, 0) is 0 Å². The maximum Gasteiger partial charge on any atom is 0.131 e. The topological polar surface area (TPSA) is 33.1 Å². The number of pyridine rings is 1. The van der Waals surface area contributed by atoms with Gasteiger partial charge in [0.2, 0.25) is 0 Å². The molecule has 12 heavy (non-hydrogen) atoms. The molecule has 1 heterocycles. The van der Waals surface area contributed by atoms with Crippen LogP contribution in [0.1, 0.15) is 12.1 Å². The molecule has 62 valence electrons. The van der Waals surface area contributed by atoms with E-state index in [9.17, 15) is 0 Å². The zero-order valence-electron chi connectivity index (χ0n) is 6.42. The number of aromatic nitrogens is 1. The van der Waals surface area contributed by atoms with Crippen LogP contribution in [0.4, 0.5) is 0 Å². The molecule has 0 saturated carbocycles. The van der Waals surface area contributed by atoms with Gasteiger partial charge in [-0.25, -0.2) is 4.98 Å². The van der Waals surface area contributed by atoms with Crippen LogP contribution in [0.25, 0.3) is 0 Å². The summed E-state index contributed by atoms with van der Waals surface area (Å²) in [6, 6.07) is 3.48. The lowest BCUT2D eigenvalue weighted by atomic mass is 10.3. The van der Waals surface area contributed by atoms with Crippen LogP contribution in [0.2, 0.25) is 5.02 Å². The summed E-state index contributed by atoms with van der Waals surface area (Å²) in [7, 11) is 0. The van der Waals surface area contributed by atoms with Gasteiger partial charge in [-0.05, 0) is 18.1 Å². The highest BCUT2D eigenvalue weighted by Crippen LogP contribution is 2.09. The summed E-state index contributed by atoms with van der Waals surface area (Å²) < 4.78 is 0. The molecule has 0 spiro atoms. The molecule has 0 aliphatic carbocycles. The summed E-state index contributed by atoms with van der Waals surface area (Å²) >= 11 is 5.78. The molecule has 0 atom stereocenters. The maximum absolute atomic E-state index is 8.46. The second kappa shape index (κ2) is 4.76. The standard InChI is InChI=1S/C9H8ClNO/c10-8-4-3-6-11-9(8)5-1-2-7-12/h3-4,6,12H,2,7H2. The van der Waals surface area contributed by atoms with E-state index in [0.717, 1.165) is 0 Å². The maximum atomic E-state index is 8.46. The van der Waals surface area contributed by atoms with Gasteiger partial charge in [0.1, 0.15) is 5.69 Å². The number of aliphatic hydroxyl groups excluding tert-OH is 1. The number of hydrogen-bond donors (Lipinski definition) is 1. The zero-order valence-corrected chi connectivity index (χ0v) is 7.17. The van der Waals surface area contributed by atoms with Crippen molar-refractivity contribution in [3.8, 4) is 11.8 Å². The van der Waals surface area contributed by atoms with Gasteiger partial charge in [-0.1, -0.05) is 17.5 Å². The van der Waals surface area contributed by atoms with Crippen molar-refractivity contribution >= 4 is 11.6 Å². The summed E-state index contributed by atoms with van der Waals surface area (Å²) in [5.41, 5.74) is 0.563. The smallest absolute Gasteiger partial charge is 0.131 e. The first-order valence-electron chi connectivity index (χ1n) is 3.55. The van der Waals surface area contributed by atoms with Gasteiger partial charge in [-0.2, -0.15) is 0 Å². The molecule has 0 amide bonds. The average Bonchev–Trinajstić information content (AvgIpc) is 2.09. The second-order valence-electron chi connectivity index (χ2n) is 2.11. The van der Waals surface area contributed by atoms with E-state index >= 15 is 0 Å². The second-order valence-corrected chi connectivity index (χ2v) is 2.52. The van der Waals surface area contributed by atoms with E-state index in [2.05, 4.69) is 16.8 Å². The molecular weight excluding hydrogens is 174 g/mol. The highest BCUT2D eigenvalue weighted by molar-refractivity contribution is 6.31. The number of halogens is 1. The number of aliphatic hydroxyl groups is 1. The van der Waals surface area contributed by atoms with Gasteiger partial charge in [0.05, 0.1) is 11.6 Å². The normalized spacial score (nSPS) is 8.83. The minimum atomic E-state index is 0.0669. The first-order chi connectivity index (χ1) is 5.84. The van der Waals surface area contributed by atoms with Gasteiger partial charge < -0.3 is 5.11 Å². The van der Waals surface area contributed by atoms with Crippen LogP contribution in [0, 0.1) is 11.8 Å². The molecule has 0 unspecified atom stereocenters. The molecule has 0 fully saturated rings. The Kier molecular flexibility index (Phi) is 3.59. The zero-order chi connectivity index (χ0) is 8.81. The molecule has 0 aliphatic heterocycles. The molecule has 1 rings (SSSR count). The van der Waals surface area contributed by atoms with Gasteiger partial charge in [0, 0.05) is 12.6 Å². The Morgan fingerprint density at radius 1 is 1.58 bits per heavy atom. The van der Waals surface area contributed by atoms with Crippen LogP contribution >= 0.6 is 11.6 Å². The first-order valence-corrected chi connectivity index (χ1v) is 3.92. The van der Waals surface area contributed by atoms with Crippen LogP contribution in [0.15, 0.2) is 18.3 Å².